The van der Waals surface area contributed by atoms with E-state index in [1.807, 2.05) is 43.0 Å². The molecule has 22 heavy (non-hydrogen) atoms. The number of rotatable bonds is 7. The molecule has 0 saturated heterocycles. The minimum absolute atomic E-state index is 0.241. The highest BCUT2D eigenvalue weighted by Crippen LogP contribution is 2.30. The van der Waals surface area contributed by atoms with E-state index in [-0.39, 0.29) is 12.2 Å². The van der Waals surface area contributed by atoms with Crippen molar-refractivity contribution in [2.75, 3.05) is 11.5 Å². The topological polar surface area (TPSA) is 61.3 Å². The molecule has 0 aliphatic carbocycles. The molecule has 2 N–H and O–H groups in total. The van der Waals surface area contributed by atoms with Crippen molar-refractivity contribution in [2.45, 2.75) is 45.7 Å². The average molecular weight is 320 g/mol. The highest BCUT2D eigenvalue weighted by atomic mass is 32.2. The van der Waals surface area contributed by atoms with Crippen LogP contribution in [0.2, 0.25) is 0 Å². The van der Waals surface area contributed by atoms with Gasteiger partial charge in [-0.2, -0.15) is 11.8 Å². The van der Waals surface area contributed by atoms with Crippen LogP contribution in [0.3, 0.4) is 0 Å². The smallest absolute Gasteiger partial charge is 0.171 e. The first-order valence-electron chi connectivity index (χ1n) is 7.51. The predicted molar refractivity (Wildman–Crippen MR) is 92.9 cm³/mol. The Morgan fingerprint density at radius 2 is 1.91 bits per heavy atom. The zero-order valence-corrected chi connectivity index (χ0v) is 14.4. The summed E-state index contributed by atoms with van der Waals surface area (Å²) in [7, 11) is 0. The van der Waals surface area contributed by atoms with Gasteiger partial charge >= 0.3 is 0 Å². The van der Waals surface area contributed by atoms with E-state index in [0.717, 1.165) is 39.8 Å². The molecule has 1 heterocycles. The highest BCUT2D eigenvalue weighted by molar-refractivity contribution is 7.98. The van der Waals surface area contributed by atoms with E-state index >= 15 is 0 Å². The van der Waals surface area contributed by atoms with E-state index in [1.165, 1.54) is 0 Å². The molecular weight excluding hydrogens is 296 g/mol. The van der Waals surface area contributed by atoms with Gasteiger partial charge in [-0.1, -0.05) is 5.16 Å². The van der Waals surface area contributed by atoms with Gasteiger partial charge in [-0.05, 0) is 52.0 Å². The molecule has 1 unspecified atom stereocenters. The Morgan fingerprint density at radius 1 is 1.23 bits per heavy atom. The van der Waals surface area contributed by atoms with Crippen molar-refractivity contribution in [1.82, 2.24) is 5.16 Å². The monoisotopic (exact) mass is 320 g/mol. The fourth-order valence-electron chi connectivity index (χ4n) is 2.25. The third-order valence-electron chi connectivity index (χ3n) is 3.26. The average Bonchev–Trinajstić information content (AvgIpc) is 2.80. The van der Waals surface area contributed by atoms with Crippen molar-refractivity contribution in [3.8, 4) is 11.3 Å². The molecule has 0 bridgehead atoms. The van der Waals surface area contributed by atoms with Crippen molar-refractivity contribution >= 4 is 17.4 Å². The number of nitrogens with two attached hydrogens (primary N) is 1. The molecule has 120 valence electrons. The van der Waals surface area contributed by atoms with Gasteiger partial charge in [-0.25, -0.2) is 0 Å². The Balaban J connectivity index is 2.02. The summed E-state index contributed by atoms with van der Waals surface area (Å²) >= 11 is 1.84. The number of hydrogen-bond donors (Lipinski definition) is 1. The van der Waals surface area contributed by atoms with Gasteiger partial charge in [0.25, 0.3) is 0 Å². The molecule has 5 heteroatoms. The summed E-state index contributed by atoms with van der Waals surface area (Å²) in [5.41, 5.74) is 9.58. The van der Waals surface area contributed by atoms with Gasteiger partial charge in [-0.3, -0.25) is 0 Å². The van der Waals surface area contributed by atoms with E-state index in [1.54, 1.807) is 0 Å². The van der Waals surface area contributed by atoms with Crippen LogP contribution in [0.25, 0.3) is 11.3 Å². The normalized spacial score (nSPS) is 12.8. The van der Waals surface area contributed by atoms with Gasteiger partial charge < -0.3 is 15.0 Å². The number of thioether (sulfide) groups is 1. The lowest BCUT2D eigenvalue weighted by Crippen LogP contribution is -2.16. The number of aryl methyl sites for hydroxylation is 1. The van der Waals surface area contributed by atoms with Crippen molar-refractivity contribution < 1.29 is 9.26 Å². The summed E-state index contributed by atoms with van der Waals surface area (Å²) < 4.78 is 11.3. The maximum atomic E-state index is 5.75. The van der Waals surface area contributed by atoms with Crippen LogP contribution in [0.4, 0.5) is 5.69 Å². The van der Waals surface area contributed by atoms with Crippen LogP contribution in [-0.2, 0) is 10.5 Å². The third kappa shape index (κ3) is 4.52. The minimum Gasteiger partial charge on any atom is -0.399 e. The third-order valence-corrected chi connectivity index (χ3v) is 4.46. The molecule has 1 atom stereocenters. The first kappa shape index (κ1) is 16.9. The summed E-state index contributed by atoms with van der Waals surface area (Å²) in [6.45, 7) is 8.21. The van der Waals surface area contributed by atoms with E-state index in [9.17, 15) is 0 Å². The molecule has 0 saturated carbocycles. The fourth-order valence-corrected chi connectivity index (χ4v) is 3.32. The van der Waals surface area contributed by atoms with Gasteiger partial charge in [0.2, 0.25) is 0 Å². The first-order chi connectivity index (χ1) is 10.5. The summed E-state index contributed by atoms with van der Waals surface area (Å²) in [5, 5.41) is 4.11. The van der Waals surface area contributed by atoms with E-state index in [0.29, 0.717) is 0 Å². The molecule has 0 radical (unpaired) electrons. The number of ether oxygens (including phenoxy) is 1. The maximum Gasteiger partial charge on any atom is 0.171 e. The molecule has 1 aromatic carbocycles. The Labute approximate surface area is 136 Å². The minimum atomic E-state index is 0.241. The maximum absolute atomic E-state index is 5.75. The second-order valence-electron chi connectivity index (χ2n) is 5.71. The molecule has 0 spiro atoms. The van der Waals surface area contributed by atoms with Crippen LogP contribution >= 0.6 is 11.8 Å². The number of nitrogens with zero attached hydrogens (tertiary/aromatic N) is 1. The first-order valence-corrected chi connectivity index (χ1v) is 8.67. The zero-order valence-electron chi connectivity index (χ0n) is 13.6. The second kappa shape index (κ2) is 7.70. The molecule has 2 rings (SSSR count). The predicted octanol–water partition coefficient (Wildman–Crippen LogP) is 4.28. The van der Waals surface area contributed by atoms with Crippen LogP contribution in [0.5, 0.6) is 0 Å². The summed E-state index contributed by atoms with van der Waals surface area (Å²) in [4.78, 5) is 0. The van der Waals surface area contributed by atoms with Gasteiger partial charge in [0.15, 0.2) is 5.76 Å². The summed E-state index contributed by atoms with van der Waals surface area (Å²) in [6, 6.07) is 7.69. The van der Waals surface area contributed by atoms with Crippen LogP contribution in [0.15, 0.2) is 28.8 Å². The Hall–Kier alpha value is -1.46. The van der Waals surface area contributed by atoms with Crippen LogP contribution in [0.1, 0.15) is 32.0 Å². The quantitative estimate of drug-likeness (QED) is 0.772. The number of hydrogen-bond acceptors (Lipinski definition) is 5. The van der Waals surface area contributed by atoms with Crippen LogP contribution in [0, 0.1) is 6.92 Å². The molecule has 2 aromatic rings. The van der Waals surface area contributed by atoms with Crippen molar-refractivity contribution in [1.29, 1.82) is 0 Å². The molecule has 4 nitrogen and oxygen atoms in total. The van der Waals surface area contributed by atoms with Crippen molar-refractivity contribution in [2.24, 2.45) is 0 Å². The number of nitrogen functional groups attached to an aromatic ring is 1. The largest absolute Gasteiger partial charge is 0.399 e. The van der Waals surface area contributed by atoms with Gasteiger partial charge in [0.05, 0.1) is 17.9 Å². The molecule has 0 aliphatic rings. The lowest BCUT2D eigenvalue weighted by molar-refractivity contribution is 0.0327. The van der Waals surface area contributed by atoms with Gasteiger partial charge in [0, 0.05) is 28.3 Å². The van der Waals surface area contributed by atoms with Crippen molar-refractivity contribution in [3.63, 3.8) is 0 Å². The molecular formula is C17H24N2O2S. The second-order valence-corrected chi connectivity index (χ2v) is 6.74. The SMILES string of the molecule is Cc1noc(-c2ccc(N)cc2)c1CSCC(C)OC(C)C. The van der Waals surface area contributed by atoms with Gasteiger partial charge in [-0.15, -0.1) is 0 Å². The lowest BCUT2D eigenvalue weighted by Gasteiger charge is -2.15. The Kier molecular flexibility index (Phi) is 5.91. The van der Waals surface area contributed by atoms with E-state index < -0.39 is 0 Å². The van der Waals surface area contributed by atoms with Crippen LogP contribution in [-0.4, -0.2) is 23.1 Å². The van der Waals surface area contributed by atoms with Crippen LogP contribution < -0.4 is 5.73 Å². The van der Waals surface area contributed by atoms with Crippen molar-refractivity contribution in [3.05, 3.63) is 35.5 Å². The molecule has 1 aromatic heterocycles. The van der Waals surface area contributed by atoms with Gasteiger partial charge in [0.1, 0.15) is 0 Å². The molecule has 0 fully saturated rings. The summed E-state index contributed by atoms with van der Waals surface area (Å²) in [6.07, 6.45) is 0.503. The highest BCUT2D eigenvalue weighted by Gasteiger charge is 2.15. The standard InChI is InChI=1S/C17H24N2O2S/c1-11(2)20-12(3)9-22-10-16-13(4)19-21-17(16)14-5-7-15(18)8-6-14/h5-8,11-12H,9-10,18H2,1-4H3. The fraction of sp³-hybridized carbons (Fsp3) is 0.471. The molecule has 0 amide bonds. The zero-order chi connectivity index (χ0) is 16.1. The summed E-state index contributed by atoms with van der Waals surface area (Å²) in [5.74, 6) is 2.65. The van der Waals surface area contributed by atoms with E-state index in [2.05, 4.69) is 25.9 Å². The number of aromatic nitrogens is 1. The molecule has 0 aliphatic heterocycles. The number of anilines is 1. The van der Waals surface area contributed by atoms with E-state index in [4.69, 9.17) is 15.0 Å². The number of benzene rings is 1. The Morgan fingerprint density at radius 3 is 2.55 bits per heavy atom. The Bertz CT molecular complexity index is 593. The lowest BCUT2D eigenvalue weighted by atomic mass is 10.1.